The zero-order valence-corrected chi connectivity index (χ0v) is 14.4. The van der Waals surface area contributed by atoms with Gasteiger partial charge < -0.3 is 4.74 Å². The van der Waals surface area contributed by atoms with Crippen LogP contribution in [0, 0.1) is 11.3 Å². The number of imide groups is 1. The highest BCUT2D eigenvalue weighted by Crippen LogP contribution is 2.51. The predicted molar refractivity (Wildman–Crippen MR) is 87.6 cm³/mol. The minimum atomic E-state index is -1.32. The van der Waals surface area contributed by atoms with Crippen LogP contribution >= 0.6 is 0 Å². The molecule has 1 saturated heterocycles. The zero-order valence-electron chi connectivity index (χ0n) is 14.4. The van der Waals surface area contributed by atoms with Gasteiger partial charge in [-0.2, -0.15) is 0 Å². The van der Waals surface area contributed by atoms with Crippen LogP contribution in [0.1, 0.15) is 45.6 Å². The third-order valence-corrected chi connectivity index (χ3v) is 4.80. The molecule has 1 aromatic carbocycles. The summed E-state index contributed by atoms with van der Waals surface area (Å²) in [4.78, 5) is 39.9. The van der Waals surface area contributed by atoms with Crippen molar-refractivity contribution in [1.29, 1.82) is 0 Å². The average molecular weight is 329 g/mol. The fourth-order valence-corrected chi connectivity index (χ4v) is 3.74. The molecule has 0 bridgehead atoms. The molecule has 2 amide bonds. The lowest BCUT2D eigenvalue weighted by molar-refractivity contribution is -0.172. The molecule has 1 aliphatic carbocycles. The van der Waals surface area contributed by atoms with E-state index in [0.717, 1.165) is 5.56 Å². The highest BCUT2D eigenvalue weighted by atomic mass is 16.6. The van der Waals surface area contributed by atoms with E-state index in [1.165, 1.54) is 4.90 Å². The maximum absolute atomic E-state index is 13.1. The summed E-state index contributed by atoms with van der Waals surface area (Å²) in [5.41, 5.74) is -1.13. The molecule has 0 radical (unpaired) electrons. The number of benzene rings is 1. The Labute approximate surface area is 142 Å². The number of carbonyl (C=O) groups excluding carboxylic acids is 3. The van der Waals surface area contributed by atoms with Crippen LogP contribution in [0.25, 0.3) is 0 Å². The Balaban J connectivity index is 1.91. The van der Waals surface area contributed by atoms with Gasteiger partial charge in [0.1, 0.15) is 5.60 Å². The Morgan fingerprint density at radius 2 is 1.92 bits per heavy atom. The Bertz CT molecular complexity index is 676. The van der Waals surface area contributed by atoms with Crippen LogP contribution in [-0.4, -0.2) is 28.3 Å². The van der Waals surface area contributed by atoms with Crippen molar-refractivity contribution in [3.8, 4) is 0 Å². The SMILES string of the molecule is CC(C)(C)OC(=O)C12CCCC1C(=O)N(Cc1ccccc1)C2=O. The van der Waals surface area contributed by atoms with Crippen LogP contribution in [0.2, 0.25) is 0 Å². The maximum Gasteiger partial charge on any atom is 0.323 e. The quantitative estimate of drug-likeness (QED) is 0.486. The summed E-state index contributed by atoms with van der Waals surface area (Å²) in [7, 11) is 0. The maximum atomic E-state index is 13.1. The molecular formula is C19H23NO4. The summed E-state index contributed by atoms with van der Waals surface area (Å²) in [6.07, 6.45) is 1.65. The number of likely N-dealkylation sites (tertiary alicyclic amines) is 1. The Morgan fingerprint density at radius 1 is 1.25 bits per heavy atom. The number of fused-ring (bicyclic) bond motifs is 1. The second-order valence-corrected chi connectivity index (χ2v) is 7.63. The highest BCUT2D eigenvalue weighted by molar-refractivity contribution is 6.17. The van der Waals surface area contributed by atoms with Gasteiger partial charge in [0.2, 0.25) is 11.8 Å². The lowest BCUT2D eigenvalue weighted by Gasteiger charge is -2.29. The second-order valence-electron chi connectivity index (χ2n) is 7.63. The topological polar surface area (TPSA) is 63.7 Å². The Morgan fingerprint density at radius 3 is 2.54 bits per heavy atom. The first-order valence-electron chi connectivity index (χ1n) is 8.39. The molecule has 128 valence electrons. The fourth-order valence-electron chi connectivity index (χ4n) is 3.74. The molecule has 1 aromatic rings. The molecule has 5 nitrogen and oxygen atoms in total. The van der Waals surface area contributed by atoms with Gasteiger partial charge in [-0.3, -0.25) is 19.3 Å². The summed E-state index contributed by atoms with van der Waals surface area (Å²) in [6, 6.07) is 9.35. The minimum Gasteiger partial charge on any atom is -0.459 e. The van der Waals surface area contributed by atoms with E-state index in [1.54, 1.807) is 20.8 Å². The third kappa shape index (κ3) is 2.62. The lowest BCUT2D eigenvalue weighted by atomic mass is 9.79. The number of carbonyl (C=O) groups is 3. The number of hydrogen-bond acceptors (Lipinski definition) is 4. The van der Waals surface area contributed by atoms with E-state index in [9.17, 15) is 14.4 Å². The van der Waals surface area contributed by atoms with Crippen LogP contribution in [0.4, 0.5) is 0 Å². The summed E-state index contributed by atoms with van der Waals surface area (Å²) >= 11 is 0. The van der Waals surface area contributed by atoms with Gasteiger partial charge in [-0.1, -0.05) is 36.8 Å². The average Bonchev–Trinajstić information content (AvgIpc) is 3.03. The number of rotatable bonds is 3. The predicted octanol–water partition coefficient (Wildman–Crippen LogP) is 2.68. The van der Waals surface area contributed by atoms with E-state index in [1.807, 2.05) is 30.3 Å². The van der Waals surface area contributed by atoms with Gasteiger partial charge in [0.15, 0.2) is 5.41 Å². The normalized spacial score (nSPS) is 26.6. The van der Waals surface area contributed by atoms with Crippen molar-refractivity contribution in [2.45, 2.75) is 52.2 Å². The number of ether oxygens (including phenoxy) is 1. The molecule has 0 N–H and O–H groups in total. The van der Waals surface area contributed by atoms with Gasteiger partial charge in [-0.05, 0) is 39.2 Å². The van der Waals surface area contributed by atoms with Gasteiger partial charge in [-0.25, -0.2) is 0 Å². The molecule has 0 aromatic heterocycles. The standard InChI is InChI=1S/C19H23NO4/c1-18(2,3)24-17(23)19-11-7-10-14(19)15(21)20(16(19)22)12-13-8-5-4-6-9-13/h4-6,8-9,14H,7,10-12H2,1-3H3. The number of esters is 1. The van der Waals surface area contributed by atoms with E-state index < -0.39 is 28.8 Å². The first-order valence-corrected chi connectivity index (χ1v) is 8.39. The molecule has 2 unspecified atom stereocenters. The fraction of sp³-hybridized carbons (Fsp3) is 0.526. The molecule has 1 heterocycles. The highest BCUT2D eigenvalue weighted by Gasteiger charge is 2.66. The van der Waals surface area contributed by atoms with Crippen molar-refractivity contribution in [2.75, 3.05) is 0 Å². The molecule has 5 heteroatoms. The first-order chi connectivity index (χ1) is 11.3. The van der Waals surface area contributed by atoms with Crippen molar-refractivity contribution in [3.05, 3.63) is 35.9 Å². The first kappa shape index (κ1) is 16.7. The molecule has 1 saturated carbocycles. The van der Waals surface area contributed by atoms with Crippen LogP contribution in [0.15, 0.2) is 30.3 Å². The summed E-state index contributed by atoms with van der Waals surface area (Å²) in [6.45, 7) is 5.52. The molecular weight excluding hydrogens is 306 g/mol. The second kappa shape index (κ2) is 5.72. The van der Waals surface area contributed by atoms with E-state index in [0.29, 0.717) is 19.3 Å². The van der Waals surface area contributed by atoms with Crippen LogP contribution in [0.5, 0.6) is 0 Å². The van der Waals surface area contributed by atoms with Gasteiger partial charge in [0.25, 0.3) is 0 Å². The molecule has 0 spiro atoms. The molecule has 1 aliphatic heterocycles. The van der Waals surface area contributed by atoms with Crippen molar-refractivity contribution < 1.29 is 19.1 Å². The summed E-state index contributed by atoms with van der Waals surface area (Å²) < 4.78 is 5.50. The van der Waals surface area contributed by atoms with Crippen LogP contribution in [0.3, 0.4) is 0 Å². The van der Waals surface area contributed by atoms with Crippen LogP contribution < -0.4 is 0 Å². The molecule has 2 aliphatic rings. The van der Waals surface area contributed by atoms with Gasteiger partial charge >= 0.3 is 5.97 Å². The van der Waals surface area contributed by atoms with E-state index in [-0.39, 0.29) is 12.5 Å². The minimum absolute atomic E-state index is 0.208. The Kier molecular flexibility index (Phi) is 3.98. The van der Waals surface area contributed by atoms with Crippen LogP contribution in [-0.2, 0) is 25.7 Å². The summed E-state index contributed by atoms with van der Waals surface area (Å²) in [5, 5.41) is 0. The lowest BCUT2D eigenvalue weighted by Crippen LogP contribution is -2.44. The number of hydrogen-bond donors (Lipinski definition) is 0. The molecule has 24 heavy (non-hydrogen) atoms. The smallest absolute Gasteiger partial charge is 0.323 e. The number of amides is 2. The van der Waals surface area contributed by atoms with E-state index in [2.05, 4.69) is 0 Å². The van der Waals surface area contributed by atoms with Gasteiger partial charge in [-0.15, -0.1) is 0 Å². The van der Waals surface area contributed by atoms with E-state index in [4.69, 9.17) is 4.74 Å². The number of nitrogens with zero attached hydrogens (tertiary/aromatic N) is 1. The van der Waals surface area contributed by atoms with Crippen molar-refractivity contribution in [2.24, 2.45) is 11.3 Å². The van der Waals surface area contributed by atoms with Gasteiger partial charge in [0.05, 0.1) is 12.5 Å². The third-order valence-electron chi connectivity index (χ3n) is 4.80. The zero-order chi connectivity index (χ0) is 17.5. The van der Waals surface area contributed by atoms with Crippen molar-refractivity contribution in [1.82, 2.24) is 4.90 Å². The largest absolute Gasteiger partial charge is 0.459 e. The monoisotopic (exact) mass is 329 g/mol. The van der Waals surface area contributed by atoms with Crippen molar-refractivity contribution in [3.63, 3.8) is 0 Å². The van der Waals surface area contributed by atoms with E-state index >= 15 is 0 Å². The molecule has 2 fully saturated rings. The molecule has 2 atom stereocenters. The Hall–Kier alpha value is -2.17. The van der Waals surface area contributed by atoms with Crippen molar-refractivity contribution >= 4 is 17.8 Å². The van der Waals surface area contributed by atoms with Gasteiger partial charge in [0, 0.05) is 0 Å². The summed E-state index contributed by atoms with van der Waals surface area (Å²) in [5.74, 6) is -1.77. The molecule has 3 rings (SSSR count).